The maximum absolute atomic E-state index is 13.3. The Hall–Kier alpha value is -3.35. The van der Waals surface area contributed by atoms with Crippen molar-refractivity contribution in [3.8, 4) is 0 Å². The molecule has 1 amide bonds. The quantitative estimate of drug-likeness (QED) is 0.768. The fourth-order valence-corrected chi connectivity index (χ4v) is 3.06. The first-order chi connectivity index (χ1) is 13.1. The van der Waals surface area contributed by atoms with Crippen LogP contribution in [0.25, 0.3) is 0 Å². The van der Waals surface area contributed by atoms with Gasteiger partial charge in [0.05, 0.1) is 5.56 Å². The van der Waals surface area contributed by atoms with Gasteiger partial charge >= 0.3 is 0 Å². The molecule has 0 radical (unpaired) electrons. The van der Waals surface area contributed by atoms with E-state index in [4.69, 9.17) is 0 Å². The van der Waals surface area contributed by atoms with Gasteiger partial charge in [-0.25, -0.2) is 18.7 Å². The number of nitrogens with zero attached hydrogens (tertiary/aromatic N) is 3. The van der Waals surface area contributed by atoms with E-state index in [2.05, 4.69) is 21.4 Å². The summed E-state index contributed by atoms with van der Waals surface area (Å²) in [6.45, 7) is 1.20. The van der Waals surface area contributed by atoms with Crippen molar-refractivity contribution in [2.45, 2.75) is 13.0 Å². The summed E-state index contributed by atoms with van der Waals surface area (Å²) in [4.78, 5) is 22.7. The molecule has 2 heterocycles. The number of halogens is 2. The van der Waals surface area contributed by atoms with Crippen molar-refractivity contribution in [2.75, 3.05) is 11.9 Å². The molecule has 0 fully saturated rings. The zero-order valence-electron chi connectivity index (χ0n) is 14.3. The van der Waals surface area contributed by atoms with Crippen LogP contribution < -0.4 is 5.32 Å². The predicted molar refractivity (Wildman–Crippen MR) is 96.6 cm³/mol. The van der Waals surface area contributed by atoms with Crippen LogP contribution in [-0.2, 0) is 13.0 Å². The Morgan fingerprint density at radius 1 is 1.00 bits per heavy atom. The molecule has 0 saturated heterocycles. The van der Waals surface area contributed by atoms with E-state index in [0.29, 0.717) is 24.3 Å². The summed E-state index contributed by atoms with van der Waals surface area (Å²) in [7, 11) is 0. The highest BCUT2D eigenvalue weighted by Gasteiger charge is 2.22. The van der Waals surface area contributed by atoms with Crippen LogP contribution >= 0.6 is 0 Å². The van der Waals surface area contributed by atoms with Crippen LogP contribution in [0.1, 0.15) is 21.5 Å². The van der Waals surface area contributed by atoms with Gasteiger partial charge in [-0.1, -0.05) is 24.3 Å². The second-order valence-electron chi connectivity index (χ2n) is 6.29. The van der Waals surface area contributed by atoms with Crippen molar-refractivity contribution in [2.24, 2.45) is 0 Å². The zero-order chi connectivity index (χ0) is 18.8. The summed E-state index contributed by atoms with van der Waals surface area (Å²) in [6.07, 6.45) is 3.68. The molecule has 1 aliphatic rings. The summed E-state index contributed by atoms with van der Waals surface area (Å²) in [5.74, 6) is -1.83. The first-order valence-electron chi connectivity index (χ1n) is 8.50. The van der Waals surface area contributed by atoms with Crippen LogP contribution in [0.3, 0.4) is 0 Å². The number of aromatic nitrogens is 2. The van der Waals surface area contributed by atoms with Crippen LogP contribution in [0.4, 0.5) is 20.4 Å². The van der Waals surface area contributed by atoms with Crippen molar-refractivity contribution < 1.29 is 13.6 Å². The minimum Gasteiger partial charge on any atom is -0.334 e. The molecular formula is C20H16F2N4O. The molecule has 136 valence electrons. The molecule has 0 unspecified atom stereocenters. The van der Waals surface area contributed by atoms with Crippen molar-refractivity contribution in [3.05, 3.63) is 83.2 Å². The largest absolute Gasteiger partial charge is 0.334 e. The maximum atomic E-state index is 13.3. The average molecular weight is 366 g/mol. The third-order valence-corrected chi connectivity index (χ3v) is 4.49. The van der Waals surface area contributed by atoms with Crippen LogP contribution in [-0.4, -0.2) is 27.3 Å². The van der Waals surface area contributed by atoms with Gasteiger partial charge in [0.2, 0.25) is 5.95 Å². The van der Waals surface area contributed by atoms with E-state index in [1.54, 1.807) is 4.90 Å². The Balaban J connectivity index is 1.46. The highest BCUT2D eigenvalue weighted by atomic mass is 19.2. The lowest BCUT2D eigenvalue weighted by Crippen LogP contribution is -2.36. The number of rotatable bonds is 3. The molecule has 7 heteroatoms. The number of amides is 1. The average Bonchev–Trinajstić information content (AvgIpc) is 2.70. The number of carbonyl (C=O) groups excluding carboxylic acids is 1. The van der Waals surface area contributed by atoms with E-state index < -0.39 is 11.6 Å². The lowest BCUT2D eigenvalue weighted by molar-refractivity contribution is 0.0734. The lowest BCUT2D eigenvalue weighted by atomic mass is 9.99. The van der Waals surface area contributed by atoms with Gasteiger partial charge in [0.1, 0.15) is 0 Å². The van der Waals surface area contributed by atoms with Gasteiger partial charge in [0, 0.05) is 37.2 Å². The molecule has 27 heavy (non-hydrogen) atoms. The van der Waals surface area contributed by atoms with Crippen molar-refractivity contribution >= 4 is 17.5 Å². The first-order valence-corrected chi connectivity index (χ1v) is 8.50. The SMILES string of the molecule is O=C(c1cnc(Nc2ccc(F)c(F)c2)nc1)N1CCc2ccccc2C1. The third-order valence-electron chi connectivity index (χ3n) is 4.49. The molecule has 2 aromatic carbocycles. The molecule has 3 aromatic rings. The second-order valence-corrected chi connectivity index (χ2v) is 6.29. The van der Waals surface area contributed by atoms with Crippen LogP contribution in [0, 0.1) is 11.6 Å². The molecule has 0 bridgehead atoms. The minimum atomic E-state index is -0.961. The fourth-order valence-electron chi connectivity index (χ4n) is 3.06. The van der Waals surface area contributed by atoms with Crippen LogP contribution in [0.5, 0.6) is 0 Å². The normalized spacial score (nSPS) is 13.2. The third kappa shape index (κ3) is 3.62. The van der Waals surface area contributed by atoms with Crippen LogP contribution in [0.15, 0.2) is 54.9 Å². The van der Waals surface area contributed by atoms with Gasteiger partial charge in [-0.15, -0.1) is 0 Å². The molecule has 1 N–H and O–H groups in total. The molecule has 0 spiro atoms. The molecule has 5 nitrogen and oxygen atoms in total. The van der Waals surface area contributed by atoms with Gasteiger partial charge in [0.15, 0.2) is 11.6 Å². The molecule has 1 aromatic heterocycles. The van der Waals surface area contributed by atoms with Gasteiger partial charge in [-0.05, 0) is 29.7 Å². The standard InChI is InChI=1S/C20H16F2N4O/c21-17-6-5-16(9-18(17)22)25-20-23-10-15(11-24-20)19(27)26-8-7-13-3-1-2-4-14(13)12-26/h1-6,9-11H,7-8,12H2,(H,23,24,25). The zero-order valence-corrected chi connectivity index (χ0v) is 14.3. The highest BCUT2D eigenvalue weighted by molar-refractivity contribution is 5.93. The van der Waals surface area contributed by atoms with Gasteiger partial charge < -0.3 is 10.2 Å². The van der Waals surface area contributed by atoms with Crippen molar-refractivity contribution in [1.82, 2.24) is 14.9 Å². The van der Waals surface area contributed by atoms with E-state index in [0.717, 1.165) is 24.1 Å². The summed E-state index contributed by atoms with van der Waals surface area (Å²) in [5.41, 5.74) is 3.12. The Morgan fingerprint density at radius 2 is 1.74 bits per heavy atom. The lowest BCUT2D eigenvalue weighted by Gasteiger charge is -2.28. The summed E-state index contributed by atoms with van der Waals surface area (Å²) < 4.78 is 26.2. The Morgan fingerprint density at radius 3 is 2.48 bits per heavy atom. The molecule has 1 aliphatic heterocycles. The number of nitrogens with one attached hydrogen (secondary N) is 1. The van der Waals surface area contributed by atoms with E-state index in [1.807, 2.05) is 18.2 Å². The summed E-state index contributed by atoms with van der Waals surface area (Å²) in [6, 6.07) is 11.5. The summed E-state index contributed by atoms with van der Waals surface area (Å²) >= 11 is 0. The Bertz CT molecular complexity index is 992. The molecule has 0 atom stereocenters. The number of anilines is 2. The molecule has 4 rings (SSSR count). The smallest absolute Gasteiger partial charge is 0.257 e. The van der Waals surface area contributed by atoms with E-state index >= 15 is 0 Å². The van der Waals surface area contributed by atoms with E-state index in [-0.39, 0.29) is 11.9 Å². The molecule has 0 saturated carbocycles. The van der Waals surface area contributed by atoms with Crippen LogP contribution in [0.2, 0.25) is 0 Å². The number of fused-ring (bicyclic) bond motifs is 1. The molecule has 0 aliphatic carbocycles. The monoisotopic (exact) mass is 366 g/mol. The molecular weight excluding hydrogens is 350 g/mol. The van der Waals surface area contributed by atoms with Gasteiger partial charge in [-0.3, -0.25) is 4.79 Å². The van der Waals surface area contributed by atoms with Gasteiger partial charge in [-0.2, -0.15) is 0 Å². The minimum absolute atomic E-state index is 0.135. The number of hydrogen-bond donors (Lipinski definition) is 1. The topological polar surface area (TPSA) is 58.1 Å². The second kappa shape index (κ2) is 7.11. The Kier molecular flexibility index (Phi) is 4.50. The van der Waals surface area contributed by atoms with Crippen molar-refractivity contribution in [1.29, 1.82) is 0 Å². The number of benzene rings is 2. The van der Waals surface area contributed by atoms with Gasteiger partial charge in [0.25, 0.3) is 5.91 Å². The van der Waals surface area contributed by atoms with Crippen molar-refractivity contribution in [3.63, 3.8) is 0 Å². The fraction of sp³-hybridized carbons (Fsp3) is 0.150. The highest BCUT2D eigenvalue weighted by Crippen LogP contribution is 2.21. The summed E-state index contributed by atoms with van der Waals surface area (Å²) in [5, 5.41) is 2.78. The first kappa shape index (κ1) is 17.1. The number of carbonyl (C=O) groups is 1. The predicted octanol–water partition coefficient (Wildman–Crippen LogP) is 3.70. The van der Waals surface area contributed by atoms with E-state index in [1.165, 1.54) is 24.0 Å². The van der Waals surface area contributed by atoms with E-state index in [9.17, 15) is 13.6 Å². The number of hydrogen-bond acceptors (Lipinski definition) is 4. The Labute approximate surface area is 154 Å². The maximum Gasteiger partial charge on any atom is 0.257 e.